The Labute approximate surface area is 134 Å². The fourth-order valence-electron chi connectivity index (χ4n) is 4.38. The van der Waals surface area contributed by atoms with Crippen LogP contribution in [0.15, 0.2) is 60.7 Å². The Kier molecular flexibility index (Phi) is 3.86. The number of benzene rings is 2. The molecule has 1 aliphatic rings. The van der Waals surface area contributed by atoms with Gasteiger partial charge in [0.25, 0.3) is 0 Å². The Bertz CT molecular complexity index is 557. The van der Waals surface area contributed by atoms with E-state index in [4.69, 9.17) is 0 Å². The fourth-order valence-corrected chi connectivity index (χ4v) is 4.38. The van der Waals surface area contributed by atoms with Crippen molar-refractivity contribution in [2.45, 2.75) is 46.2 Å². The second-order valence-electron chi connectivity index (χ2n) is 8.01. The summed E-state index contributed by atoms with van der Waals surface area (Å²) in [6, 6.07) is 22.5. The van der Waals surface area contributed by atoms with E-state index in [0.717, 1.165) is 0 Å². The molecule has 0 saturated carbocycles. The summed E-state index contributed by atoms with van der Waals surface area (Å²) in [6.45, 7) is 9.56. The Morgan fingerprint density at radius 2 is 1.05 bits per heavy atom. The Morgan fingerprint density at radius 3 is 1.41 bits per heavy atom. The zero-order valence-electron chi connectivity index (χ0n) is 14.1. The van der Waals surface area contributed by atoms with Crippen molar-refractivity contribution in [2.24, 2.45) is 10.8 Å². The molecule has 3 rings (SSSR count). The molecule has 2 atom stereocenters. The Hall–Kier alpha value is -1.60. The van der Waals surface area contributed by atoms with Gasteiger partial charge < -0.3 is 5.32 Å². The molecule has 1 nitrogen and oxygen atoms in total. The first kappa shape index (κ1) is 15.3. The van der Waals surface area contributed by atoms with E-state index >= 15 is 0 Å². The molecular weight excluding hydrogens is 266 g/mol. The van der Waals surface area contributed by atoms with Crippen molar-refractivity contribution < 1.29 is 0 Å². The molecule has 1 heterocycles. The van der Waals surface area contributed by atoms with Crippen LogP contribution in [0.25, 0.3) is 0 Å². The standard InChI is InChI=1S/C21H27N/c1-20(2)15-21(3,4)19(17-13-9-6-10-14-17)22-18(20)16-11-7-5-8-12-16/h5-14,18-19,22H,15H2,1-4H3/t18-,19+. The SMILES string of the molecule is CC1(C)CC(C)(C)[C@H](c2ccccc2)N[C@@H]1c1ccccc1. The summed E-state index contributed by atoms with van der Waals surface area (Å²) >= 11 is 0. The Balaban J connectivity index is 1.99. The van der Waals surface area contributed by atoms with Crippen molar-refractivity contribution in [1.29, 1.82) is 0 Å². The topological polar surface area (TPSA) is 12.0 Å². The van der Waals surface area contributed by atoms with Gasteiger partial charge in [-0.2, -0.15) is 0 Å². The molecule has 0 spiro atoms. The quantitative estimate of drug-likeness (QED) is 0.769. The van der Waals surface area contributed by atoms with Crippen LogP contribution in [0.1, 0.15) is 57.3 Å². The van der Waals surface area contributed by atoms with Crippen LogP contribution in [0.4, 0.5) is 0 Å². The number of hydrogen-bond donors (Lipinski definition) is 1. The molecule has 0 aromatic heterocycles. The van der Waals surface area contributed by atoms with Gasteiger partial charge in [-0.3, -0.25) is 0 Å². The predicted octanol–water partition coefficient (Wildman–Crippen LogP) is 5.51. The first-order valence-corrected chi connectivity index (χ1v) is 8.26. The molecule has 2 aromatic carbocycles. The van der Waals surface area contributed by atoms with Crippen molar-refractivity contribution in [2.75, 3.05) is 0 Å². The molecule has 1 fully saturated rings. The molecule has 0 bridgehead atoms. The van der Waals surface area contributed by atoms with Crippen LogP contribution in [0.5, 0.6) is 0 Å². The molecule has 1 N–H and O–H groups in total. The van der Waals surface area contributed by atoms with Crippen molar-refractivity contribution >= 4 is 0 Å². The van der Waals surface area contributed by atoms with Crippen LogP contribution < -0.4 is 5.32 Å². The molecule has 1 aliphatic heterocycles. The van der Waals surface area contributed by atoms with Crippen molar-refractivity contribution in [3.8, 4) is 0 Å². The molecule has 22 heavy (non-hydrogen) atoms. The molecule has 1 saturated heterocycles. The van der Waals surface area contributed by atoms with Gasteiger partial charge in [-0.15, -0.1) is 0 Å². The first-order chi connectivity index (χ1) is 10.4. The van der Waals surface area contributed by atoms with Gasteiger partial charge in [0.05, 0.1) is 0 Å². The van der Waals surface area contributed by atoms with Gasteiger partial charge in [0, 0.05) is 12.1 Å². The molecule has 1 heteroatoms. The molecule has 2 aromatic rings. The Morgan fingerprint density at radius 1 is 0.682 bits per heavy atom. The zero-order valence-corrected chi connectivity index (χ0v) is 14.1. The minimum atomic E-state index is 0.232. The van der Waals surface area contributed by atoms with E-state index in [1.807, 2.05) is 0 Å². The van der Waals surface area contributed by atoms with Crippen LogP contribution in [-0.4, -0.2) is 0 Å². The van der Waals surface area contributed by atoms with Crippen LogP contribution in [0.3, 0.4) is 0 Å². The summed E-state index contributed by atoms with van der Waals surface area (Å²) in [5, 5.41) is 3.97. The summed E-state index contributed by atoms with van der Waals surface area (Å²) in [4.78, 5) is 0. The summed E-state index contributed by atoms with van der Waals surface area (Å²) in [5.41, 5.74) is 3.25. The highest BCUT2D eigenvalue weighted by Gasteiger charge is 2.46. The minimum Gasteiger partial charge on any atom is -0.302 e. The normalized spacial score (nSPS) is 26.5. The third-order valence-corrected chi connectivity index (χ3v) is 5.07. The van der Waals surface area contributed by atoms with Gasteiger partial charge >= 0.3 is 0 Å². The number of nitrogens with one attached hydrogen (secondary N) is 1. The second kappa shape index (κ2) is 5.55. The average molecular weight is 293 g/mol. The first-order valence-electron chi connectivity index (χ1n) is 8.26. The fraction of sp³-hybridized carbons (Fsp3) is 0.429. The summed E-state index contributed by atoms with van der Waals surface area (Å²) < 4.78 is 0. The summed E-state index contributed by atoms with van der Waals surface area (Å²) in [5.74, 6) is 0. The van der Waals surface area contributed by atoms with Crippen molar-refractivity contribution in [3.05, 3.63) is 71.8 Å². The van der Waals surface area contributed by atoms with Gasteiger partial charge in [0.2, 0.25) is 0 Å². The highest BCUT2D eigenvalue weighted by molar-refractivity contribution is 5.27. The largest absolute Gasteiger partial charge is 0.302 e. The third kappa shape index (κ3) is 2.83. The lowest BCUT2D eigenvalue weighted by molar-refractivity contribution is 0.0358. The summed E-state index contributed by atoms with van der Waals surface area (Å²) in [6.07, 6.45) is 1.20. The lowest BCUT2D eigenvalue weighted by Gasteiger charge is -2.52. The molecule has 116 valence electrons. The molecule has 0 radical (unpaired) electrons. The third-order valence-electron chi connectivity index (χ3n) is 5.07. The predicted molar refractivity (Wildman–Crippen MR) is 93.7 cm³/mol. The van der Waals surface area contributed by atoms with E-state index in [1.54, 1.807) is 0 Å². The van der Waals surface area contributed by atoms with Crippen LogP contribution >= 0.6 is 0 Å². The molecule has 0 amide bonds. The number of hydrogen-bond acceptors (Lipinski definition) is 1. The van der Waals surface area contributed by atoms with E-state index in [1.165, 1.54) is 17.5 Å². The van der Waals surface area contributed by atoms with Crippen LogP contribution in [0, 0.1) is 10.8 Å². The second-order valence-corrected chi connectivity index (χ2v) is 8.01. The van der Waals surface area contributed by atoms with Gasteiger partial charge in [-0.1, -0.05) is 88.4 Å². The lowest BCUT2D eigenvalue weighted by atomic mass is 9.61. The van der Waals surface area contributed by atoms with Crippen LogP contribution in [-0.2, 0) is 0 Å². The smallest absolute Gasteiger partial charge is 0.0377 e. The summed E-state index contributed by atoms with van der Waals surface area (Å²) in [7, 11) is 0. The van der Waals surface area contributed by atoms with Crippen molar-refractivity contribution in [3.63, 3.8) is 0 Å². The zero-order chi connectivity index (χ0) is 15.8. The number of rotatable bonds is 2. The molecule has 0 unspecified atom stereocenters. The van der Waals surface area contributed by atoms with Gasteiger partial charge in [0.1, 0.15) is 0 Å². The van der Waals surface area contributed by atoms with Gasteiger partial charge in [0.15, 0.2) is 0 Å². The molecular formula is C21H27N. The van der Waals surface area contributed by atoms with Gasteiger partial charge in [-0.05, 0) is 28.4 Å². The monoisotopic (exact) mass is 293 g/mol. The minimum absolute atomic E-state index is 0.232. The van der Waals surface area contributed by atoms with E-state index in [-0.39, 0.29) is 10.8 Å². The van der Waals surface area contributed by atoms with Gasteiger partial charge in [-0.25, -0.2) is 0 Å². The van der Waals surface area contributed by atoms with E-state index in [2.05, 4.69) is 93.7 Å². The van der Waals surface area contributed by atoms with Crippen LogP contribution in [0.2, 0.25) is 0 Å². The lowest BCUT2D eigenvalue weighted by Crippen LogP contribution is -2.50. The van der Waals surface area contributed by atoms with E-state index in [9.17, 15) is 0 Å². The maximum Gasteiger partial charge on any atom is 0.0377 e. The average Bonchev–Trinajstić information content (AvgIpc) is 2.47. The highest BCUT2D eigenvalue weighted by Crippen LogP contribution is 2.53. The van der Waals surface area contributed by atoms with E-state index < -0.39 is 0 Å². The maximum absolute atomic E-state index is 3.97. The maximum atomic E-state index is 3.97. The highest BCUT2D eigenvalue weighted by atomic mass is 15.0. The molecule has 0 aliphatic carbocycles. The van der Waals surface area contributed by atoms with Crippen molar-refractivity contribution in [1.82, 2.24) is 5.32 Å². The van der Waals surface area contributed by atoms with E-state index in [0.29, 0.717) is 12.1 Å². The number of piperidine rings is 1.